The molecule has 10 heteroatoms. The van der Waals surface area contributed by atoms with Crippen molar-refractivity contribution in [2.45, 2.75) is 65.4 Å². The second kappa shape index (κ2) is 9.92. The van der Waals surface area contributed by atoms with Crippen molar-refractivity contribution < 1.29 is 23.5 Å². The van der Waals surface area contributed by atoms with Gasteiger partial charge in [-0.15, -0.1) is 0 Å². The minimum atomic E-state index is -0.925. The van der Waals surface area contributed by atoms with Crippen molar-refractivity contribution in [1.29, 1.82) is 0 Å². The number of halogens is 1. The average molecular weight is 474 g/mol. The molecule has 4 rings (SSSR count). The Kier molecular flexibility index (Phi) is 7.40. The monoisotopic (exact) mass is 473 g/mol. The van der Waals surface area contributed by atoms with Gasteiger partial charge in [0, 0.05) is 18.2 Å². The highest BCUT2D eigenvalue weighted by Gasteiger charge is 2.36. The number of primary amides is 1. The van der Waals surface area contributed by atoms with E-state index in [2.05, 4.69) is 5.10 Å². The molecule has 0 saturated heterocycles. The molecule has 2 aliphatic rings. The molecule has 9 nitrogen and oxygen atoms in total. The lowest BCUT2D eigenvalue weighted by Crippen LogP contribution is -2.28. The highest BCUT2D eigenvalue weighted by molar-refractivity contribution is 6.00. The predicted molar refractivity (Wildman–Crippen MR) is 125 cm³/mol. The number of aryl methyl sites for hydroxylation is 1. The van der Waals surface area contributed by atoms with Gasteiger partial charge in [-0.1, -0.05) is 13.8 Å². The summed E-state index contributed by atoms with van der Waals surface area (Å²) < 4.78 is 20.8. The minimum absolute atomic E-state index is 0.0104. The van der Waals surface area contributed by atoms with Crippen molar-refractivity contribution in [3.8, 4) is 5.69 Å². The van der Waals surface area contributed by atoms with Crippen LogP contribution in [0.25, 0.3) is 5.69 Å². The number of hydrogen-bond acceptors (Lipinski definition) is 7. The maximum absolute atomic E-state index is 14.2. The van der Waals surface area contributed by atoms with Crippen LogP contribution < -0.4 is 17.2 Å². The molecule has 0 bridgehead atoms. The molecule has 2 aromatic rings. The molecule has 1 amide bonds. The Balaban J connectivity index is 0.000000271. The van der Waals surface area contributed by atoms with Gasteiger partial charge in [-0.3, -0.25) is 14.4 Å². The topological polar surface area (TPSA) is 156 Å². The highest BCUT2D eigenvalue weighted by atomic mass is 19.1. The molecule has 1 saturated carbocycles. The Bertz CT molecular complexity index is 1100. The van der Waals surface area contributed by atoms with E-state index in [1.807, 2.05) is 13.8 Å². The zero-order valence-corrected chi connectivity index (χ0v) is 19.8. The van der Waals surface area contributed by atoms with Gasteiger partial charge in [0.05, 0.1) is 34.7 Å². The van der Waals surface area contributed by atoms with Gasteiger partial charge in [0.2, 0.25) is 0 Å². The molecule has 1 aromatic carbocycles. The van der Waals surface area contributed by atoms with Crippen LogP contribution in [0.5, 0.6) is 0 Å². The van der Waals surface area contributed by atoms with E-state index in [-0.39, 0.29) is 41.1 Å². The number of nitrogen functional groups attached to an aromatic ring is 1. The summed E-state index contributed by atoms with van der Waals surface area (Å²) in [5, 5.41) is 4.39. The van der Waals surface area contributed by atoms with Crippen LogP contribution in [-0.4, -0.2) is 40.1 Å². The lowest BCUT2D eigenvalue weighted by molar-refractivity contribution is -0.146. The van der Waals surface area contributed by atoms with E-state index in [4.69, 9.17) is 21.9 Å². The van der Waals surface area contributed by atoms with E-state index >= 15 is 0 Å². The summed E-state index contributed by atoms with van der Waals surface area (Å²) in [6.07, 6.45) is 5.65. The third kappa shape index (κ3) is 5.44. The summed E-state index contributed by atoms with van der Waals surface area (Å²) in [7, 11) is 0. The van der Waals surface area contributed by atoms with Gasteiger partial charge in [0.15, 0.2) is 5.78 Å². The summed E-state index contributed by atoms with van der Waals surface area (Å²) >= 11 is 0. The molecule has 1 aromatic heterocycles. The average Bonchev–Trinajstić information content (AvgIpc) is 3.34. The molecule has 0 aliphatic heterocycles. The maximum Gasteiger partial charge on any atom is 0.319 e. The zero-order valence-electron chi connectivity index (χ0n) is 19.8. The van der Waals surface area contributed by atoms with Crippen LogP contribution in [0.3, 0.4) is 0 Å². The standard InChI is InChI=1S/C17H19FN4O2.C7H13NO2/c1-8-14-12(6-17(2,3)7-13(14)23)22(21-8)9-4-10(18)15(16(20)24)11(19)5-9;8-5-7(9)10-6-3-1-2-4-6/h4-5H,6-7,19H2,1-3H3,(H2,20,24);6H,1-5,8H2. The quantitative estimate of drug-likeness (QED) is 0.455. The number of nitrogens with zero attached hydrogens (tertiary/aromatic N) is 2. The summed E-state index contributed by atoms with van der Waals surface area (Å²) in [5.41, 5.74) is 17.7. The largest absolute Gasteiger partial charge is 0.461 e. The Hall–Kier alpha value is -3.27. The van der Waals surface area contributed by atoms with Crippen molar-refractivity contribution in [1.82, 2.24) is 9.78 Å². The van der Waals surface area contributed by atoms with Crippen LogP contribution in [0.4, 0.5) is 10.1 Å². The van der Waals surface area contributed by atoms with Crippen LogP contribution in [-0.2, 0) is 16.0 Å². The van der Waals surface area contributed by atoms with Gasteiger partial charge in [0.25, 0.3) is 5.91 Å². The Morgan fingerprint density at radius 2 is 1.88 bits per heavy atom. The number of aromatic nitrogens is 2. The fraction of sp³-hybridized carbons (Fsp3) is 0.500. The first kappa shape index (κ1) is 25.4. The molecular formula is C24H32FN5O4. The van der Waals surface area contributed by atoms with E-state index in [9.17, 15) is 18.8 Å². The number of anilines is 1. The van der Waals surface area contributed by atoms with Gasteiger partial charge in [-0.2, -0.15) is 5.10 Å². The number of carbonyl (C=O) groups is 3. The van der Waals surface area contributed by atoms with Gasteiger partial charge >= 0.3 is 5.97 Å². The van der Waals surface area contributed by atoms with E-state index in [1.165, 1.54) is 23.6 Å². The lowest BCUT2D eigenvalue weighted by atomic mass is 9.75. The number of carbonyl (C=O) groups excluding carboxylic acids is 3. The summed E-state index contributed by atoms with van der Waals surface area (Å²) in [6, 6.07) is 2.61. The molecule has 0 atom stereocenters. The predicted octanol–water partition coefficient (Wildman–Crippen LogP) is 2.59. The second-order valence-corrected chi connectivity index (χ2v) is 9.62. The van der Waals surface area contributed by atoms with Gasteiger partial charge in [-0.25, -0.2) is 9.07 Å². The molecule has 1 fully saturated rings. The fourth-order valence-electron chi connectivity index (χ4n) is 4.59. The first-order chi connectivity index (χ1) is 15.9. The van der Waals surface area contributed by atoms with Crippen molar-refractivity contribution in [2.75, 3.05) is 12.3 Å². The third-order valence-corrected chi connectivity index (χ3v) is 6.08. The first-order valence-electron chi connectivity index (χ1n) is 11.3. The van der Waals surface area contributed by atoms with Gasteiger partial charge in [0.1, 0.15) is 11.9 Å². The number of rotatable bonds is 4. The van der Waals surface area contributed by atoms with Crippen molar-refractivity contribution in [3.05, 3.63) is 40.5 Å². The van der Waals surface area contributed by atoms with Gasteiger partial charge < -0.3 is 21.9 Å². The van der Waals surface area contributed by atoms with Crippen molar-refractivity contribution in [3.63, 3.8) is 0 Å². The molecule has 0 unspecified atom stereocenters. The molecular weight excluding hydrogens is 441 g/mol. The van der Waals surface area contributed by atoms with E-state index < -0.39 is 11.7 Å². The number of fused-ring (bicyclic) bond motifs is 1. The number of ketones is 1. The molecule has 1 heterocycles. The molecule has 34 heavy (non-hydrogen) atoms. The zero-order chi connectivity index (χ0) is 25.2. The van der Waals surface area contributed by atoms with Crippen LogP contribution in [0.1, 0.15) is 78.1 Å². The number of hydrogen-bond donors (Lipinski definition) is 3. The van der Waals surface area contributed by atoms with Gasteiger partial charge in [-0.05, 0) is 50.5 Å². The number of Topliss-reactive ketones (excluding diaryl/α,β-unsaturated/α-hetero) is 1. The smallest absolute Gasteiger partial charge is 0.319 e. The molecule has 0 spiro atoms. The maximum atomic E-state index is 14.2. The SMILES string of the molecule is Cc1nn(-c2cc(N)c(C(N)=O)c(F)c2)c2c1C(=O)CC(C)(C)C2.NCC(=O)OC1CCCC1. The molecule has 0 radical (unpaired) electrons. The number of esters is 1. The van der Waals surface area contributed by atoms with Crippen LogP contribution in [0.2, 0.25) is 0 Å². The number of amides is 1. The first-order valence-corrected chi connectivity index (χ1v) is 11.3. The van der Waals surface area contributed by atoms with Crippen LogP contribution in [0.15, 0.2) is 12.1 Å². The third-order valence-electron chi connectivity index (χ3n) is 6.08. The van der Waals surface area contributed by atoms with E-state index in [0.717, 1.165) is 24.6 Å². The second-order valence-electron chi connectivity index (χ2n) is 9.62. The van der Waals surface area contributed by atoms with E-state index in [0.29, 0.717) is 29.8 Å². The Labute approximate surface area is 197 Å². The Morgan fingerprint density at radius 1 is 1.24 bits per heavy atom. The number of ether oxygens (including phenoxy) is 1. The summed E-state index contributed by atoms with van der Waals surface area (Å²) in [5.74, 6) is -1.97. The van der Waals surface area contributed by atoms with E-state index in [1.54, 1.807) is 6.92 Å². The van der Waals surface area contributed by atoms with Crippen LogP contribution in [0, 0.1) is 18.2 Å². The van der Waals surface area contributed by atoms with Crippen molar-refractivity contribution in [2.24, 2.45) is 16.9 Å². The molecule has 6 N–H and O–H groups in total. The summed E-state index contributed by atoms with van der Waals surface area (Å²) in [4.78, 5) is 34.3. The normalized spacial score (nSPS) is 17.0. The minimum Gasteiger partial charge on any atom is -0.461 e. The number of nitrogens with two attached hydrogens (primary N) is 3. The summed E-state index contributed by atoms with van der Waals surface area (Å²) in [6.45, 7) is 5.77. The molecule has 2 aliphatic carbocycles. The Morgan fingerprint density at radius 3 is 2.44 bits per heavy atom. The fourth-order valence-corrected chi connectivity index (χ4v) is 4.59. The number of benzene rings is 1. The van der Waals surface area contributed by atoms with Crippen molar-refractivity contribution >= 4 is 23.3 Å². The lowest BCUT2D eigenvalue weighted by Gasteiger charge is -2.29. The highest BCUT2D eigenvalue weighted by Crippen LogP contribution is 2.37. The van der Waals surface area contributed by atoms with Crippen LogP contribution >= 0.6 is 0 Å². The molecule has 184 valence electrons.